The van der Waals surface area contributed by atoms with Crippen LogP contribution in [0.2, 0.25) is 0 Å². The van der Waals surface area contributed by atoms with Gasteiger partial charge in [-0.3, -0.25) is 14.9 Å². The molecule has 7 nitrogen and oxygen atoms in total. The Morgan fingerprint density at radius 1 is 1.12 bits per heavy atom. The van der Waals surface area contributed by atoms with Crippen LogP contribution in [0.25, 0.3) is 0 Å². The molecule has 0 aliphatic heterocycles. The fraction of sp³-hybridized carbons (Fsp3) is 0.118. The molecule has 0 spiro atoms. The molecule has 0 bridgehead atoms. The minimum Gasteiger partial charge on any atom is -0.352 e. The molecular formula is C17H14FN5O2S. The fourth-order valence-electron chi connectivity index (χ4n) is 2.08. The second-order valence-electron chi connectivity index (χ2n) is 5.22. The summed E-state index contributed by atoms with van der Waals surface area (Å²) in [5.74, 6) is -1.10. The predicted octanol–water partition coefficient (Wildman–Crippen LogP) is 2.18. The molecule has 2 heterocycles. The molecule has 26 heavy (non-hydrogen) atoms. The van der Waals surface area contributed by atoms with Gasteiger partial charge in [-0.1, -0.05) is 18.2 Å². The number of hydrogen-bond acceptors (Lipinski definition) is 6. The number of amides is 2. The van der Waals surface area contributed by atoms with E-state index in [0.29, 0.717) is 16.4 Å². The summed E-state index contributed by atoms with van der Waals surface area (Å²) in [6, 6.07) is 7.85. The lowest BCUT2D eigenvalue weighted by molar-refractivity contribution is -0.120. The van der Waals surface area contributed by atoms with E-state index in [9.17, 15) is 14.0 Å². The summed E-state index contributed by atoms with van der Waals surface area (Å²) < 4.78 is 13.5. The van der Waals surface area contributed by atoms with Crippen molar-refractivity contribution in [2.45, 2.75) is 13.0 Å². The lowest BCUT2D eigenvalue weighted by Gasteiger charge is -2.05. The number of carbonyl (C=O) groups is 2. The van der Waals surface area contributed by atoms with E-state index in [1.165, 1.54) is 29.8 Å². The van der Waals surface area contributed by atoms with E-state index in [2.05, 4.69) is 25.6 Å². The SMILES string of the molecule is O=C(Cc1csc(NC(=O)c2ncccn2)n1)NCc1ccccc1F. The number of aromatic nitrogens is 3. The third kappa shape index (κ3) is 4.67. The molecule has 3 rings (SSSR count). The number of halogens is 1. The maximum atomic E-state index is 13.5. The highest BCUT2D eigenvalue weighted by atomic mass is 32.1. The van der Waals surface area contributed by atoms with Crippen LogP contribution >= 0.6 is 11.3 Å². The molecule has 132 valence electrons. The van der Waals surface area contributed by atoms with Crippen molar-refractivity contribution >= 4 is 28.3 Å². The molecule has 2 amide bonds. The third-order valence-corrected chi connectivity index (χ3v) is 4.12. The molecule has 0 fully saturated rings. The normalized spacial score (nSPS) is 10.3. The molecule has 0 radical (unpaired) electrons. The molecule has 0 saturated heterocycles. The summed E-state index contributed by atoms with van der Waals surface area (Å²) >= 11 is 1.19. The Morgan fingerprint density at radius 3 is 2.65 bits per heavy atom. The predicted molar refractivity (Wildman–Crippen MR) is 94.0 cm³/mol. The lowest BCUT2D eigenvalue weighted by atomic mass is 10.2. The number of nitrogens with one attached hydrogen (secondary N) is 2. The Morgan fingerprint density at radius 2 is 1.88 bits per heavy atom. The maximum absolute atomic E-state index is 13.5. The largest absolute Gasteiger partial charge is 0.352 e. The summed E-state index contributed by atoms with van der Waals surface area (Å²) in [4.78, 5) is 35.8. The van der Waals surface area contributed by atoms with Gasteiger partial charge in [0.25, 0.3) is 5.91 Å². The molecule has 1 aromatic carbocycles. The first-order valence-electron chi connectivity index (χ1n) is 7.64. The third-order valence-electron chi connectivity index (χ3n) is 3.32. The van der Waals surface area contributed by atoms with Gasteiger partial charge in [-0.25, -0.2) is 19.3 Å². The quantitative estimate of drug-likeness (QED) is 0.692. The number of benzene rings is 1. The Balaban J connectivity index is 1.52. The first-order valence-corrected chi connectivity index (χ1v) is 8.52. The minimum absolute atomic E-state index is 0.0304. The maximum Gasteiger partial charge on any atom is 0.295 e. The second-order valence-corrected chi connectivity index (χ2v) is 6.07. The molecule has 0 saturated carbocycles. The van der Waals surface area contributed by atoms with Crippen LogP contribution in [0, 0.1) is 5.82 Å². The number of thiazole rings is 1. The van der Waals surface area contributed by atoms with Crippen molar-refractivity contribution in [3.05, 3.63) is 71.0 Å². The van der Waals surface area contributed by atoms with Crippen molar-refractivity contribution in [1.29, 1.82) is 0 Å². The molecule has 0 aliphatic carbocycles. The smallest absolute Gasteiger partial charge is 0.295 e. The summed E-state index contributed by atoms with van der Waals surface area (Å²) in [7, 11) is 0. The van der Waals surface area contributed by atoms with Crippen LogP contribution in [0.3, 0.4) is 0 Å². The molecule has 3 aromatic rings. The average molecular weight is 371 g/mol. The number of anilines is 1. The van der Waals surface area contributed by atoms with E-state index < -0.39 is 5.91 Å². The van der Waals surface area contributed by atoms with Crippen LogP contribution in [0.4, 0.5) is 9.52 Å². The topological polar surface area (TPSA) is 96.9 Å². The highest BCUT2D eigenvalue weighted by Crippen LogP contribution is 2.16. The first-order chi connectivity index (χ1) is 12.6. The van der Waals surface area contributed by atoms with Gasteiger partial charge in [0.1, 0.15) is 5.82 Å². The molecule has 0 unspecified atom stereocenters. The van der Waals surface area contributed by atoms with Crippen molar-refractivity contribution in [3.8, 4) is 0 Å². The Kier molecular flexibility index (Phi) is 5.59. The monoisotopic (exact) mass is 371 g/mol. The van der Waals surface area contributed by atoms with Gasteiger partial charge in [0.15, 0.2) is 5.13 Å². The van der Waals surface area contributed by atoms with Gasteiger partial charge in [-0.15, -0.1) is 11.3 Å². The van der Waals surface area contributed by atoms with E-state index in [0.717, 1.165) is 0 Å². The van der Waals surface area contributed by atoms with Crippen LogP contribution in [0.5, 0.6) is 0 Å². The van der Waals surface area contributed by atoms with E-state index in [4.69, 9.17) is 0 Å². The van der Waals surface area contributed by atoms with Crippen LogP contribution in [-0.4, -0.2) is 26.8 Å². The number of carbonyl (C=O) groups excluding carboxylic acids is 2. The zero-order valence-corrected chi connectivity index (χ0v) is 14.3. The van der Waals surface area contributed by atoms with Gasteiger partial charge in [0.05, 0.1) is 12.1 Å². The van der Waals surface area contributed by atoms with Crippen LogP contribution in [-0.2, 0) is 17.8 Å². The highest BCUT2D eigenvalue weighted by Gasteiger charge is 2.13. The first kappa shape index (κ1) is 17.6. The van der Waals surface area contributed by atoms with Crippen molar-refractivity contribution < 1.29 is 14.0 Å². The molecular weight excluding hydrogens is 357 g/mol. The molecule has 2 aromatic heterocycles. The summed E-state index contributed by atoms with van der Waals surface area (Å²) in [5, 5.41) is 7.24. The van der Waals surface area contributed by atoms with Gasteiger partial charge in [-0.05, 0) is 12.1 Å². The van der Waals surface area contributed by atoms with Crippen molar-refractivity contribution in [3.63, 3.8) is 0 Å². The van der Waals surface area contributed by atoms with Crippen molar-refractivity contribution in [1.82, 2.24) is 20.3 Å². The van der Waals surface area contributed by atoms with Gasteiger partial charge < -0.3 is 5.32 Å². The lowest BCUT2D eigenvalue weighted by Crippen LogP contribution is -2.25. The average Bonchev–Trinajstić information content (AvgIpc) is 3.08. The summed E-state index contributed by atoms with van der Waals surface area (Å²) in [6.07, 6.45) is 2.97. The van der Waals surface area contributed by atoms with Crippen LogP contribution in [0.1, 0.15) is 21.9 Å². The van der Waals surface area contributed by atoms with Crippen molar-refractivity contribution in [2.24, 2.45) is 0 Å². The molecule has 2 N–H and O–H groups in total. The van der Waals surface area contributed by atoms with Gasteiger partial charge in [-0.2, -0.15) is 0 Å². The van der Waals surface area contributed by atoms with Gasteiger partial charge in [0.2, 0.25) is 11.7 Å². The zero-order valence-electron chi connectivity index (χ0n) is 13.5. The Bertz CT molecular complexity index is 916. The van der Waals surface area contributed by atoms with Crippen LogP contribution < -0.4 is 10.6 Å². The number of hydrogen-bond donors (Lipinski definition) is 2. The summed E-state index contributed by atoms with van der Waals surface area (Å²) in [5.41, 5.74) is 0.917. The fourth-order valence-corrected chi connectivity index (χ4v) is 2.78. The van der Waals surface area contributed by atoms with E-state index in [-0.39, 0.29) is 30.5 Å². The zero-order chi connectivity index (χ0) is 18.4. The Hall–Kier alpha value is -3.20. The van der Waals surface area contributed by atoms with Gasteiger partial charge in [0, 0.05) is 29.9 Å². The molecule has 0 aliphatic rings. The summed E-state index contributed by atoms with van der Waals surface area (Å²) in [6.45, 7) is 0.102. The minimum atomic E-state index is -0.476. The second kappa shape index (κ2) is 8.26. The van der Waals surface area contributed by atoms with E-state index in [1.807, 2.05) is 0 Å². The van der Waals surface area contributed by atoms with Crippen molar-refractivity contribution in [2.75, 3.05) is 5.32 Å². The van der Waals surface area contributed by atoms with Crippen LogP contribution in [0.15, 0.2) is 48.1 Å². The molecule has 0 atom stereocenters. The molecule has 9 heteroatoms. The number of nitrogens with zero attached hydrogens (tertiary/aromatic N) is 3. The van der Waals surface area contributed by atoms with E-state index >= 15 is 0 Å². The highest BCUT2D eigenvalue weighted by molar-refractivity contribution is 7.14. The number of rotatable bonds is 6. The van der Waals surface area contributed by atoms with E-state index in [1.54, 1.807) is 29.6 Å². The van der Waals surface area contributed by atoms with Gasteiger partial charge >= 0.3 is 0 Å². The Labute approximate surface area is 152 Å². The standard InChI is InChI=1S/C17H14FN5O2S/c18-13-5-2-1-4-11(13)9-21-14(24)8-12-10-26-17(22-12)23-16(25)15-19-6-3-7-20-15/h1-7,10H,8-9H2,(H,21,24)(H,22,23,25).